The molecule has 0 aliphatic rings. The molecular formula is C11H16N2O3S. The number of sulfone groups is 1. The second-order valence-corrected chi connectivity index (χ2v) is 5.93. The van der Waals surface area contributed by atoms with Crippen molar-refractivity contribution in [3.8, 4) is 0 Å². The third-order valence-corrected chi connectivity index (χ3v) is 3.37. The summed E-state index contributed by atoms with van der Waals surface area (Å²) in [7, 11) is -3.30. The highest BCUT2D eigenvalue weighted by atomic mass is 32.2. The highest BCUT2D eigenvalue weighted by Crippen LogP contribution is 2.11. The average Bonchev–Trinajstić information content (AvgIpc) is 2.28. The predicted octanol–water partition coefficient (Wildman–Crippen LogP) is 0.167. The van der Waals surface area contributed by atoms with Crippen molar-refractivity contribution in [1.29, 1.82) is 0 Å². The van der Waals surface area contributed by atoms with E-state index >= 15 is 0 Å². The molecule has 0 saturated carbocycles. The minimum Gasteiger partial charge on any atom is -0.348 e. The fraction of sp³-hybridized carbons (Fsp3) is 0.364. The molecule has 17 heavy (non-hydrogen) atoms. The molecule has 1 unspecified atom stereocenters. The molecule has 0 heterocycles. The van der Waals surface area contributed by atoms with Crippen molar-refractivity contribution < 1.29 is 13.2 Å². The highest BCUT2D eigenvalue weighted by Gasteiger charge is 2.12. The lowest BCUT2D eigenvalue weighted by molar-refractivity contribution is 0.0941. The van der Waals surface area contributed by atoms with E-state index in [1.54, 1.807) is 19.1 Å². The van der Waals surface area contributed by atoms with E-state index in [4.69, 9.17) is 5.73 Å². The number of amides is 1. The smallest absolute Gasteiger partial charge is 0.251 e. The zero-order chi connectivity index (χ0) is 13.1. The summed E-state index contributed by atoms with van der Waals surface area (Å²) in [6.45, 7) is 2.11. The summed E-state index contributed by atoms with van der Waals surface area (Å²) in [6, 6.07) is 5.77. The molecule has 0 bridgehead atoms. The normalized spacial score (nSPS) is 13.1. The first-order valence-corrected chi connectivity index (χ1v) is 7.05. The van der Waals surface area contributed by atoms with Crippen LogP contribution in [0.2, 0.25) is 0 Å². The molecule has 0 aliphatic carbocycles. The monoisotopic (exact) mass is 256 g/mol. The van der Waals surface area contributed by atoms with E-state index in [0.717, 1.165) is 6.26 Å². The third-order valence-electron chi connectivity index (χ3n) is 2.26. The molecule has 0 radical (unpaired) electrons. The van der Waals surface area contributed by atoms with Gasteiger partial charge in [0.15, 0.2) is 9.84 Å². The Kier molecular flexibility index (Phi) is 4.25. The van der Waals surface area contributed by atoms with Gasteiger partial charge in [-0.15, -0.1) is 0 Å². The van der Waals surface area contributed by atoms with Crippen LogP contribution in [0.5, 0.6) is 0 Å². The van der Waals surface area contributed by atoms with Crippen molar-refractivity contribution in [1.82, 2.24) is 5.32 Å². The van der Waals surface area contributed by atoms with E-state index in [1.807, 2.05) is 0 Å². The molecule has 5 nitrogen and oxygen atoms in total. The topological polar surface area (TPSA) is 89.3 Å². The minimum atomic E-state index is -3.30. The largest absolute Gasteiger partial charge is 0.348 e. The second kappa shape index (κ2) is 5.29. The lowest BCUT2D eigenvalue weighted by Gasteiger charge is -2.11. The molecule has 3 N–H and O–H groups in total. The van der Waals surface area contributed by atoms with Gasteiger partial charge >= 0.3 is 0 Å². The van der Waals surface area contributed by atoms with Crippen molar-refractivity contribution in [2.24, 2.45) is 5.73 Å². The second-order valence-electron chi connectivity index (χ2n) is 3.91. The van der Waals surface area contributed by atoms with Gasteiger partial charge in [0.2, 0.25) is 0 Å². The summed E-state index contributed by atoms with van der Waals surface area (Å²) < 4.78 is 22.7. The van der Waals surface area contributed by atoms with Gasteiger partial charge < -0.3 is 11.1 Å². The van der Waals surface area contributed by atoms with Gasteiger partial charge in [-0.25, -0.2) is 8.42 Å². The lowest BCUT2D eigenvalue weighted by Crippen LogP contribution is -2.37. The van der Waals surface area contributed by atoms with Crippen molar-refractivity contribution in [3.63, 3.8) is 0 Å². The fourth-order valence-corrected chi connectivity index (χ4v) is 1.90. The van der Waals surface area contributed by atoms with Crippen molar-refractivity contribution in [2.75, 3.05) is 12.8 Å². The van der Waals surface area contributed by atoms with Crippen molar-refractivity contribution >= 4 is 15.7 Å². The van der Waals surface area contributed by atoms with Crippen molar-refractivity contribution in [3.05, 3.63) is 29.8 Å². The summed E-state index contributed by atoms with van der Waals surface area (Å²) in [5, 5.41) is 2.67. The van der Waals surface area contributed by atoms with Gasteiger partial charge in [-0.05, 0) is 25.1 Å². The van der Waals surface area contributed by atoms with Crippen molar-refractivity contribution in [2.45, 2.75) is 17.9 Å². The van der Waals surface area contributed by atoms with Crippen LogP contribution < -0.4 is 11.1 Å². The van der Waals surface area contributed by atoms with Crippen LogP contribution in [-0.4, -0.2) is 33.2 Å². The molecule has 6 heteroatoms. The number of carbonyl (C=O) groups is 1. The maximum absolute atomic E-state index is 11.7. The molecule has 0 aromatic heterocycles. The van der Waals surface area contributed by atoms with Crippen LogP contribution in [0.3, 0.4) is 0 Å². The summed E-state index contributed by atoms with van der Waals surface area (Å²) in [5.74, 6) is -0.326. The third kappa shape index (κ3) is 3.83. The molecule has 0 aliphatic heterocycles. The van der Waals surface area contributed by atoms with E-state index in [2.05, 4.69) is 5.32 Å². The van der Waals surface area contributed by atoms with E-state index in [1.165, 1.54) is 12.1 Å². The van der Waals surface area contributed by atoms with Crippen LogP contribution in [0.15, 0.2) is 29.2 Å². The average molecular weight is 256 g/mol. The summed E-state index contributed by atoms with van der Waals surface area (Å²) in [4.78, 5) is 11.9. The number of nitrogens with one attached hydrogen (secondary N) is 1. The van der Waals surface area contributed by atoms with Crippen LogP contribution in [0.4, 0.5) is 0 Å². The molecule has 1 amide bonds. The van der Waals surface area contributed by atoms with Gasteiger partial charge in [0.25, 0.3) is 5.91 Å². The first kappa shape index (κ1) is 13.7. The fourth-order valence-electron chi connectivity index (χ4n) is 1.23. The molecule has 1 atom stereocenters. The highest BCUT2D eigenvalue weighted by molar-refractivity contribution is 7.90. The number of hydrogen-bond acceptors (Lipinski definition) is 4. The number of hydrogen-bond donors (Lipinski definition) is 2. The maximum Gasteiger partial charge on any atom is 0.251 e. The Morgan fingerprint density at radius 3 is 2.65 bits per heavy atom. The molecule has 1 rings (SSSR count). The van der Waals surface area contributed by atoms with Crippen LogP contribution in [0, 0.1) is 0 Å². The minimum absolute atomic E-state index is 0.130. The number of nitrogens with two attached hydrogens (primary N) is 1. The molecule has 0 saturated heterocycles. The lowest BCUT2D eigenvalue weighted by atomic mass is 10.2. The number of carbonyl (C=O) groups excluding carboxylic acids is 1. The molecule has 0 fully saturated rings. The van der Waals surface area contributed by atoms with Gasteiger partial charge in [-0.1, -0.05) is 6.07 Å². The van der Waals surface area contributed by atoms with Gasteiger partial charge in [-0.3, -0.25) is 4.79 Å². The van der Waals surface area contributed by atoms with E-state index < -0.39 is 9.84 Å². The number of rotatable bonds is 4. The standard InChI is InChI=1S/C11H16N2O3S/c1-8(7-12)13-11(14)9-4-3-5-10(6-9)17(2,15)16/h3-6,8H,7,12H2,1-2H3,(H,13,14). The summed E-state index contributed by atoms with van der Waals surface area (Å²) >= 11 is 0. The number of benzene rings is 1. The molecule has 1 aromatic rings. The Morgan fingerprint density at radius 2 is 2.12 bits per heavy atom. The summed E-state index contributed by atoms with van der Waals surface area (Å²) in [5.41, 5.74) is 5.70. The SMILES string of the molecule is CC(CN)NC(=O)c1cccc(S(C)(=O)=O)c1. The maximum atomic E-state index is 11.7. The van der Waals surface area contributed by atoms with Gasteiger partial charge in [-0.2, -0.15) is 0 Å². The summed E-state index contributed by atoms with van der Waals surface area (Å²) in [6.07, 6.45) is 1.10. The van der Waals surface area contributed by atoms with Gasteiger partial charge in [0, 0.05) is 24.4 Å². The first-order valence-electron chi connectivity index (χ1n) is 5.15. The zero-order valence-electron chi connectivity index (χ0n) is 9.80. The van der Waals surface area contributed by atoms with E-state index in [0.29, 0.717) is 12.1 Å². The van der Waals surface area contributed by atoms with E-state index in [9.17, 15) is 13.2 Å². The molecule has 94 valence electrons. The quantitative estimate of drug-likeness (QED) is 0.803. The Bertz CT molecular complexity index is 511. The van der Waals surface area contributed by atoms with Crippen LogP contribution in [0.1, 0.15) is 17.3 Å². The molecule has 1 aromatic carbocycles. The Labute approximate surface area is 101 Å². The van der Waals surface area contributed by atoms with E-state index in [-0.39, 0.29) is 16.8 Å². The Balaban J connectivity index is 2.97. The predicted molar refractivity (Wildman–Crippen MR) is 65.5 cm³/mol. The van der Waals surface area contributed by atoms with Crippen LogP contribution >= 0.6 is 0 Å². The van der Waals surface area contributed by atoms with Crippen LogP contribution in [0.25, 0.3) is 0 Å². The zero-order valence-corrected chi connectivity index (χ0v) is 10.6. The van der Waals surface area contributed by atoms with Gasteiger partial charge in [0.05, 0.1) is 4.90 Å². The molecular weight excluding hydrogens is 240 g/mol. The Hall–Kier alpha value is -1.40. The Morgan fingerprint density at radius 1 is 1.47 bits per heavy atom. The first-order chi connectivity index (χ1) is 7.84. The molecule has 0 spiro atoms. The van der Waals surface area contributed by atoms with Crippen LogP contribution in [-0.2, 0) is 9.84 Å². The van der Waals surface area contributed by atoms with Gasteiger partial charge in [0.1, 0.15) is 0 Å².